The summed E-state index contributed by atoms with van der Waals surface area (Å²) in [6.45, 7) is 0.383. The monoisotopic (exact) mass is 341 g/mol. The Bertz CT molecular complexity index is 832. The van der Waals surface area contributed by atoms with E-state index in [4.69, 9.17) is 21.2 Å². The molecule has 0 saturated heterocycles. The largest absolute Gasteiger partial charge is 0.489 e. The molecule has 0 aliphatic carbocycles. The Morgan fingerprint density at radius 2 is 2.08 bits per heavy atom. The third-order valence-electron chi connectivity index (χ3n) is 3.38. The summed E-state index contributed by atoms with van der Waals surface area (Å²) in [6, 6.07) is 15.2. The minimum absolute atomic E-state index is 0.383. The topological polar surface area (TPSA) is 48.6 Å². The van der Waals surface area contributed by atoms with E-state index in [2.05, 4.69) is 10.1 Å². The fraction of sp³-hybridized carbons (Fsp3) is 0.111. The van der Waals surface area contributed by atoms with E-state index in [0.717, 1.165) is 11.1 Å². The maximum absolute atomic E-state index is 5.99. The molecule has 6 heteroatoms. The van der Waals surface area contributed by atoms with E-state index in [-0.39, 0.29) is 0 Å². The highest BCUT2D eigenvalue weighted by molar-refractivity contribution is 6.30. The molecule has 3 aromatic rings. The highest BCUT2D eigenvalue weighted by atomic mass is 35.5. The second kappa shape index (κ2) is 7.66. The lowest BCUT2D eigenvalue weighted by molar-refractivity contribution is 0.212. The number of hydrogen-bond acceptors (Lipinski definition) is 4. The zero-order valence-electron chi connectivity index (χ0n) is 13.1. The van der Waals surface area contributed by atoms with Crippen LogP contribution in [0.25, 0.3) is 0 Å². The Morgan fingerprint density at radius 3 is 2.83 bits per heavy atom. The van der Waals surface area contributed by atoms with Crippen molar-refractivity contribution in [1.29, 1.82) is 0 Å². The molecule has 0 aliphatic rings. The third kappa shape index (κ3) is 3.75. The fourth-order valence-electron chi connectivity index (χ4n) is 2.29. The summed E-state index contributed by atoms with van der Waals surface area (Å²) in [5.74, 6) is 1.35. The molecule has 0 fully saturated rings. The second-order valence-corrected chi connectivity index (χ2v) is 5.41. The first-order valence-corrected chi connectivity index (χ1v) is 7.72. The molecule has 0 saturated carbocycles. The molecular formula is C18H16ClN3O2. The second-order valence-electron chi connectivity index (χ2n) is 4.97. The van der Waals surface area contributed by atoms with E-state index < -0.39 is 0 Å². The van der Waals surface area contributed by atoms with Crippen molar-refractivity contribution < 1.29 is 9.57 Å². The first-order chi connectivity index (χ1) is 11.8. The number of nitrogens with zero attached hydrogens (tertiary/aromatic N) is 3. The maximum atomic E-state index is 5.99. The van der Waals surface area contributed by atoms with Crippen LogP contribution in [0.5, 0.6) is 5.75 Å². The third-order valence-corrected chi connectivity index (χ3v) is 3.61. The van der Waals surface area contributed by atoms with Gasteiger partial charge in [0.15, 0.2) is 5.84 Å². The molecule has 5 nitrogen and oxygen atoms in total. The molecule has 2 aromatic carbocycles. The predicted octanol–water partition coefficient (Wildman–Crippen LogP) is 3.97. The van der Waals surface area contributed by atoms with Crippen molar-refractivity contribution in [3.8, 4) is 5.75 Å². The zero-order valence-corrected chi connectivity index (χ0v) is 13.8. The fourth-order valence-corrected chi connectivity index (χ4v) is 2.47. The average molecular weight is 342 g/mol. The van der Waals surface area contributed by atoms with Gasteiger partial charge in [-0.05, 0) is 18.2 Å². The van der Waals surface area contributed by atoms with Gasteiger partial charge in [0.2, 0.25) is 0 Å². The average Bonchev–Trinajstić information content (AvgIpc) is 3.13. The number of ether oxygens (including phenoxy) is 1. The normalized spacial score (nSPS) is 11.3. The van der Waals surface area contributed by atoms with E-state index in [0.29, 0.717) is 23.2 Å². The summed E-state index contributed by atoms with van der Waals surface area (Å²) in [5.41, 5.74) is 1.88. The van der Waals surface area contributed by atoms with Crippen molar-refractivity contribution in [3.05, 3.63) is 83.4 Å². The summed E-state index contributed by atoms with van der Waals surface area (Å²) in [7, 11) is 1.52. The van der Waals surface area contributed by atoms with Crippen LogP contribution < -0.4 is 4.74 Å². The Hall–Kier alpha value is -2.79. The van der Waals surface area contributed by atoms with Crippen molar-refractivity contribution in [3.63, 3.8) is 0 Å². The lowest BCUT2D eigenvalue weighted by Crippen LogP contribution is -2.15. The van der Waals surface area contributed by atoms with Crippen molar-refractivity contribution in [1.82, 2.24) is 9.55 Å². The number of imidazole rings is 1. The molecule has 0 atom stereocenters. The molecule has 1 aromatic heterocycles. The molecular weight excluding hydrogens is 326 g/mol. The summed E-state index contributed by atoms with van der Waals surface area (Å²) in [6.07, 6.45) is 5.18. The van der Waals surface area contributed by atoms with Gasteiger partial charge in [-0.25, -0.2) is 4.98 Å². The first kappa shape index (κ1) is 16.1. The van der Waals surface area contributed by atoms with Gasteiger partial charge in [-0.15, -0.1) is 0 Å². The van der Waals surface area contributed by atoms with Gasteiger partial charge in [-0.2, -0.15) is 0 Å². The van der Waals surface area contributed by atoms with Crippen molar-refractivity contribution in [2.45, 2.75) is 6.61 Å². The van der Waals surface area contributed by atoms with Crippen LogP contribution in [0.1, 0.15) is 11.1 Å². The van der Waals surface area contributed by atoms with Crippen LogP contribution in [0.3, 0.4) is 0 Å². The molecule has 0 aliphatic heterocycles. The number of hydrogen-bond donors (Lipinski definition) is 0. The van der Waals surface area contributed by atoms with E-state index in [9.17, 15) is 0 Å². The Balaban J connectivity index is 1.88. The summed E-state index contributed by atoms with van der Waals surface area (Å²) in [4.78, 5) is 9.06. The SMILES string of the molecule is CO/N=C(\c1ccccc1COc1cccc(Cl)c1)n1ccnc1. The van der Waals surface area contributed by atoms with Gasteiger partial charge in [-0.3, -0.25) is 4.57 Å². The summed E-state index contributed by atoms with van der Waals surface area (Å²) in [5, 5.41) is 4.77. The number of oxime groups is 1. The van der Waals surface area contributed by atoms with Crippen molar-refractivity contribution in [2.24, 2.45) is 5.16 Å². The highest BCUT2D eigenvalue weighted by Crippen LogP contribution is 2.20. The van der Waals surface area contributed by atoms with E-state index in [1.807, 2.05) is 48.7 Å². The maximum Gasteiger partial charge on any atom is 0.185 e. The number of rotatable bonds is 5. The standard InChI is InChI=1S/C18H16ClN3O2/c1-23-21-18(22-10-9-20-13-22)17-8-3-2-5-14(17)12-24-16-7-4-6-15(19)11-16/h2-11,13H,12H2,1H3/b21-18+. The molecule has 0 bridgehead atoms. The summed E-state index contributed by atoms with van der Waals surface area (Å²) < 4.78 is 7.65. The van der Waals surface area contributed by atoms with Gasteiger partial charge in [0, 0.05) is 28.5 Å². The van der Waals surface area contributed by atoms with Crippen LogP contribution in [0.4, 0.5) is 0 Å². The van der Waals surface area contributed by atoms with E-state index >= 15 is 0 Å². The molecule has 24 heavy (non-hydrogen) atoms. The molecule has 1 heterocycles. The Labute approximate surface area is 145 Å². The smallest absolute Gasteiger partial charge is 0.185 e. The number of benzene rings is 2. The van der Waals surface area contributed by atoms with Gasteiger partial charge in [0.25, 0.3) is 0 Å². The van der Waals surface area contributed by atoms with Crippen LogP contribution in [0.2, 0.25) is 5.02 Å². The van der Waals surface area contributed by atoms with Crippen LogP contribution in [-0.4, -0.2) is 22.5 Å². The first-order valence-electron chi connectivity index (χ1n) is 7.34. The van der Waals surface area contributed by atoms with Gasteiger partial charge in [-0.1, -0.05) is 47.1 Å². The zero-order chi connectivity index (χ0) is 16.8. The quantitative estimate of drug-likeness (QED) is 0.401. The Morgan fingerprint density at radius 1 is 1.21 bits per heavy atom. The Kier molecular flexibility index (Phi) is 5.13. The minimum Gasteiger partial charge on any atom is -0.489 e. The van der Waals surface area contributed by atoms with Crippen LogP contribution in [-0.2, 0) is 11.4 Å². The lowest BCUT2D eigenvalue weighted by atomic mass is 10.1. The van der Waals surface area contributed by atoms with Crippen LogP contribution in [0, 0.1) is 0 Å². The lowest BCUT2D eigenvalue weighted by Gasteiger charge is -2.13. The molecule has 0 amide bonds. The predicted molar refractivity (Wildman–Crippen MR) is 93.4 cm³/mol. The van der Waals surface area contributed by atoms with Crippen molar-refractivity contribution in [2.75, 3.05) is 7.11 Å². The van der Waals surface area contributed by atoms with E-state index in [1.54, 1.807) is 23.2 Å². The molecule has 0 radical (unpaired) electrons. The van der Waals surface area contributed by atoms with Gasteiger partial charge in [0.1, 0.15) is 25.8 Å². The number of aromatic nitrogens is 2. The van der Waals surface area contributed by atoms with Gasteiger partial charge < -0.3 is 9.57 Å². The summed E-state index contributed by atoms with van der Waals surface area (Å²) >= 11 is 5.99. The van der Waals surface area contributed by atoms with Crippen LogP contribution in [0.15, 0.2) is 72.4 Å². The van der Waals surface area contributed by atoms with Crippen LogP contribution >= 0.6 is 11.6 Å². The van der Waals surface area contributed by atoms with Gasteiger partial charge in [0.05, 0.1) is 0 Å². The molecule has 0 N–H and O–H groups in total. The highest BCUT2D eigenvalue weighted by Gasteiger charge is 2.12. The number of halogens is 1. The molecule has 3 rings (SSSR count). The molecule has 0 spiro atoms. The van der Waals surface area contributed by atoms with Crippen molar-refractivity contribution >= 4 is 17.4 Å². The van der Waals surface area contributed by atoms with E-state index in [1.165, 1.54) is 7.11 Å². The molecule has 0 unspecified atom stereocenters. The minimum atomic E-state index is 0.383. The van der Waals surface area contributed by atoms with Gasteiger partial charge >= 0.3 is 0 Å². The molecule has 122 valence electrons.